The van der Waals surface area contributed by atoms with Crippen molar-refractivity contribution < 1.29 is 9.52 Å². The van der Waals surface area contributed by atoms with Crippen molar-refractivity contribution in [3.8, 4) is 0 Å². The molecule has 62 valence electrons. The molecule has 3 nitrogen and oxygen atoms in total. The normalized spacial score (nSPS) is 13.4. The van der Waals surface area contributed by atoms with Crippen LogP contribution in [0.4, 0.5) is 0 Å². The van der Waals surface area contributed by atoms with Crippen LogP contribution >= 0.6 is 15.9 Å². The van der Waals surface area contributed by atoms with Crippen molar-refractivity contribution in [2.24, 2.45) is 5.73 Å². The van der Waals surface area contributed by atoms with Crippen molar-refractivity contribution in [1.82, 2.24) is 0 Å². The van der Waals surface area contributed by atoms with Crippen LogP contribution in [0.1, 0.15) is 18.2 Å². The molecule has 1 atom stereocenters. The SMILES string of the molecule is N[C@H](CCO)c1ccc(Br)o1. The van der Waals surface area contributed by atoms with Gasteiger partial charge in [0.1, 0.15) is 5.76 Å². The average molecular weight is 220 g/mol. The van der Waals surface area contributed by atoms with Crippen molar-refractivity contribution in [3.05, 3.63) is 22.6 Å². The van der Waals surface area contributed by atoms with E-state index in [1.54, 1.807) is 12.1 Å². The van der Waals surface area contributed by atoms with Crippen LogP contribution in [0.5, 0.6) is 0 Å². The Morgan fingerprint density at radius 3 is 2.82 bits per heavy atom. The summed E-state index contributed by atoms with van der Waals surface area (Å²) in [7, 11) is 0. The predicted octanol–water partition coefficient (Wildman–Crippen LogP) is 1.42. The topological polar surface area (TPSA) is 59.4 Å². The van der Waals surface area contributed by atoms with Gasteiger partial charge in [-0.15, -0.1) is 0 Å². The first-order valence-electron chi connectivity index (χ1n) is 3.35. The van der Waals surface area contributed by atoms with Crippen LogP contribution in [0.15, 0.2) is 21.2 Å². The minimum Gasteiger partial charge on any atom is -0.453 e. The van der Waals surface area contributed by atoms with Crippen LogP contribution in [-0.4, -0.2) is 11.7 Å². The van der Waals surface area contributed by atoms with Crippen LogP contribution in [0.2, 0.25) is 0 Å². The van der Waals surface area contributed by atoms with Crippen LogP contribution in [0.25, 0.3) is 0 Å². The second-order valence-corrected chi connectivity index (χ2v) is 3.04. The molecule has 4 heteroatoms. The molecule has 0 aliphatic carbocycles. The Hall–Kier alpha value is -0.320. The van der Waals surface area contributed by atoms with Gasteiger partial charge in [-0.2, -0.15) is 0 Å². The van der Waals surface area contributed by atoms with Gasteiger partial charge in [-0.05, 0) is 34.5 Å². The summed E-state index contributed by atoms with van der Waals surface area (Å²) < 4.78 is 5.85. The lowest BCUT2D eigenvalue weighted by molar-refractivity contribution is 0.268. The highest BCUT2D eigenvalue weighted by Crippen LogP contribution is 2.20. The van der Waals surface area contributed by atoms with E-state index in [1.807, 2.05) is 0 Å². The van der Waals surface area contributed by atoms with Crippen molar-refractivity contribution in [3.63, 3.8) is 0 Å². The molecule has 0 spiro atoms. The summed E-state index contributed by atoms with van der Waals surface area (Å²) in [5, 5.41) is 8.57. The molecule has 3 N–H and O–H groups in total. The van der Waals surface area contributed by atoms with E-state index in [-0.39, 0.29) is 12.6 Å². The molecular formula is C7H10BrNO2. The number of aliphatic hydroxyl groups excluding tert-OH is 1. The molecule has 0 radical (unpaired) electrons. The predicted molar refractivity (Wildman–Crippen MR) is 45.0 cm³/mol. The fourth-order valence-electron chi connectivity index (χ4n) is 0.809. The molecule has 0 aromatic carbocycles. The van der Waals surface area contributed by atoms with Gasteiger partial charge in [-0.25, -0.2) is 0 Å². The Kier molecular flexibility index (Phi) is 3.11. The first-order valence-corrected chi connectivity index (χ1v) is 4.15. The summed E-state index contributed by atoms with van der Waals surface area (Å²) in [6.07, 6.45) is 0.528. The molecule has 0 saturated carbocycles. The Morgan fingerprint density at radius 1 is 1.64 bits per heavy atom. The van der Waals surface area contributed by atoms with Crippen molar-refractivity contribution in [2.75, 3.05) is 6.61 Å². The molecule has 0 amide bonds. The lowest BCUT2D eigenvalue weighted by atomic mass is 10.2. The lowest BCUT2D eigenvalue weighted by Crippen LogP contribution is -2.10. The third-order valence-corrected chi connectivity index (χ3v) is 1.83. The van der Waals surface area contributed by atoms with Crippen LogP contribution < -0.4 is 5.73 Å². The van der Waals surface area contributed by atoms with Gasteiger partial charge in [0.05, 0.1) is 6.04 Å². The van der Waals surface area contributed by atoms with Crippen LogP contribution in [-0.2, 0) is 0 Å². The fourth-order valence-corrected chi connectivity index (χ4v) is 1.13. The molecule has 0 aliphatic heterocycles. The molecule has 0 unspecified atom stereocenters. The molecule has 0 fully saturated rings. The van der Waals surface area contributed by atoms with E-state index in [2.05, 4.69) is 15.9 Å². The van der Waals surface area contributed by atoms with E-state index in [0.29, 0.717) is 16.9 Å². The van der Waals surface area contributed by atoms with Gasteiger partial charge in [0, 0.05) is 6.61 Å². The Balaban J connectivity index is 2.60. The standard InChI is InChI=1S/C7H10BrNO2/c8-7-2-1-6(11-7)5(9)3-4-10/h1-2,5,10H,3-4,9H2/t5-/m1/s1. The molecule has 11 heavy (non-hydrogen) atoms. The second-order valence-electron chi connectivity index (χ2n) is 2.26. The Labute approximate surface area is 73.3 Å². The summed E-state index contributed by atoms with van der Waals surface area (Å²) in [6.45, 7) is 0.0828. The molecule has 1 aromatic rings. The minimum absolute atomic E-state index is 0.0828. The molecule has 0 saturated heterocycles. The van der Waals surface area contributed by atoms with Crippen molar-refractivity contribution >= 4 is 15.9 Å². The van der Waals surface area contributed by atoms with Gasteiger partial charge in [-0.3, -0.25) is 0 Å². The smallest absolute Gasteiger partial charge is 0.169 e. The summed E-state index contributed by atoms with van der Waals surface area (Å²) in [5.41, 5.74) is 5.64. The molecule has 1 heterocycles. The number of hydrogen-bond donors (Lipinski definition) is 2. The van der Waals surface area contributed by atoms with E-state index in [1.165, 1.54) is 0 Å². The average Bonchev–Trinajstić information content (AvgIpc) is 2.36. The van der Waals surface area contributed by atoms with E-state index in [9.17, 15) is 0 Å². The van der Waals surface area contributed by atoms with E-state index in [4.69, 9.17) is 15.3 Å². The van der Waals surface area contributed by atoms with Gasteiger partial charge >= 0.3 is 0 Å². The maximum Gasteiger partial charge on any atom is 0.169 e. The lowest BCUT2D eigenvalue weighted by Gasteiger charge is -2.04. The minimum atomic E-state index is -0.203. The highest BCUT2D eigenvalue weighted by molar-refractivity contribution is 9.10. The van der Waals surface area contributed by atoms with Gasteiger partial charge in [0.25, 0.3) is 0 Å². The summed E-state index contributed by atoms with van der Waals surface area (Å²) in [5.74, 6) is 0.700. The van der Waals surface area contributed by atoms with E-state index in [0.717, 1.165) is 0 Å². The van der Waals surface area contributed by atoms with Gasteiger partial charge < -0.3 is 15.3 Å². The zero-order valence-electron chi connectivity index (χ0n) is 5.96. The monoisotopic (exact) mass is 219 g/mol. The molecule has 1 rings (SSSR count). The van der Waals surface area contributed by atoms with Gasteiger partial charge in [0.15, 0.2) is 4.67 Å². The summed E-state index contributed by atoms with van der Waals surface area (Å²) in [4.78, 5) is 0. The first-order chi connectivity index (χ1) is 5.24. The maximum atomic E-state index is 8.57. The molecule has 0 bridgehead atoms. The number of furan rings is 1. The quantitative estimate of drug-likeness (QED) is 0.809. The number of nitrogens with two attached hydrogens (primary N) is 1. The number of hydrogen-bond acceptors (Lipinski definition) is 3. The molecule has 1 aromatic heterocycles. The van der Waals surface area contributed by atoms with E-state index < -0.39 is 0 Å². The largest absolute Gasteiger partial charge is 0.453 e. The molecular weight excluding hydrogens is 210 g/mol. The van der Waals surface area contributed by atoms with Crippen LogP contribution in [0, 0.1) is 0 Å². The molecule has 0 aliphatic rings. The zero-order chi connectivity index (χ0) is 8.27. The summed E-state index contributed by atoms with van der Waals surface area (Å²) in [6, 6.07) is 3.38. The van der Waals surface area contributed by atoms with Gasteiger partial charge in [0.2, 0.25) is 0 Å². The Bertz CT molecular complexity index is 224. The highest BCUT2D eigenvalue weighted by Gasteiger charge is 2.08. The zero-order valence-corrected chi connectivity index (χ0v) is 7.54. The maximum absolute atomic E-state index is 8.57. The van der Waals surface area contributed by atoms with Crippen LogP contribution in [0.3, 0.4) is 0 Å². The summed E-state index contributed by atoms with van der Waals surface area (Å²) >= 11 is 3.17. The van der Waals surface area contributed by atoms with Crippen molar-refractivity contribution in [2.45, 2.75) is 12.5 Å². The number of halogens is 1. The second kappa shape index (κ2) is 3.90. The van der Waals surface area contributed by atoms with E-state index >= 15 is 0 Å². The Morgan fingerprint density at radius 2 is 2.36 bits per heavy atom. The number of rotatable bonds is 3. The van der Waals surface area contributed by atoms with Gasteiger partial charge in [-0.1, -0.05) is 0 Å². The van der Waals surface area contributed by atoms with Crippen molar-refractivity contribution in [1.29, 1.82) is 0 Å². The third kappa shape index (κ3) is 2.32. The fraction of sp³-hybridized carbons (Fsp3) is 0.429. The first kappa shape index (κ1) is 8.77. The number of aliphatic hydroxyl groups is 1. The third-order valence-electron chi connectivity index (χ3n) is 1.40. The highest BCUT2D eigenvalue weighted by atomic mass is 79.9.